The lowest BCUT2D eigenvalue weighted by atomic mass is 10.1. The fourth-order valence-electron chi connectivity index (χ4n) is 2.49. The van der Waals surface area contributed by atoms with E-state index in [-0.39, 0.29) is 6.10 Å². The molecule has 0 fully saturated rings. The number of ether oxygens (including phenoxy) is 1. The monoisotopic (exact) mass is 274 g/mol. The van der Waals surface area contributed by atoms with E-state index >= 15 is 0 Å². The van der Waals surface area contributed by atoms with Crippen LogP contribution >= 0.6 is 0 Å². The Hall–Kier alpha value is -1.48. The third-order valence-electron chi connectivity index (χ3n) is 4.06. The molecule has 0 saturated carbocycles. The van der Waals surface area contributed by atoms with Crippen molar-refractivity contribution in [1.29, 1.82) is 0 Å². The molecule has 1 atom stereocenters. The van der Waals surface area contributed by atoms with Gasteiger partial charge in [0.05, 0.1) is 6.10 Å². The lowest BCUT2D eigenvalue weighted by Gasteiger charge is -2.12. The summed E-state index contributed by atoms with van der Waals surface area (Å²) in [6, 6.07) is 6.42. The Kier molecular flexibility index (Phi) is 4.71. The molecule has 1 aromatic heterocycles. The number of hydrogen-bond donors (Lipinski definition) is 1. The summed E-state index contributed by atoms with van der Waals surface area (Å²) in [5.74, 6) is 0.968. The van der Waals surface area contributed by atoms with Crippen molar-refractivity contribution in [2.24, 2.45) is 7.05 Å². The molecule has 0 radical (unpaired) electrons. The second kappa shape index (κ2) is 6.31. The summed E-state index contributed by atoms with van der Waals surface area (Å²) in [6.07, 6.45) is 1.28. The van der Waals surface area contributed by atoms with Crippen molar-refractivity contribution in [3.8, 4) is 5.75 Å². The first-order valence-electron chi connectivity index (χ1n) is 7.53. The Morgan fingerprint density at radius 1 is 1.30 bits per heavy atom. The van der Waals surface area contributed by atoms with Crippen LogP contribution in [0.3, 0.4) is 0 Å². The van der Waals surface area contributed by atoms with Crippen LogP contribution in [0.15, 0.2) is 18.2 Å². The molecule has 0 bridgehead atoms. The third-order valence-corrected chi connectivity index (χ3v) is 4.06. The molecule has 2 rings (SSSR count). The van der Waals surface area contributed by atoms with E-state index in [9.17, 15) is 0 Å². The Balaban J connectivity index is 2.43. The quantitative estimate of drug-likeness (QED) is 0.867. The van der Waals surface area contributed by atoms with Gasteiger partial charge in [-0.05, 0) is 50.6 Å². The number of nitrogens with zero attached hydrogens (tertiary/aromatic N) is 1. The molecule has 1 unspecified atom stereocenters. The summed E-state index contributed by atoms with van der Waals surface area (Å²) in [6.45, 7) is 10.5. The van der Waals surface area contributed by atoms with E-state index in [1.165, 1.54) is 22.2 Å². The Morgan fingerprint density at radius 3 is 2.70 bits per heavy atom. The molecular formula is C17H26N2O. The highest BCUT2D eigenvalue weighted by molar-refractivity contribution is 5.86. The molecule has 3 nitrogen and oxygen atoms in total. The fraction of sp³-hybridized carbons (Fsp3) is 0.529. The number of nitrogens with one attached hydrogen (secondary N) is 1. The summed E-state index contributed by atoms with van der Waals surface area (Å²) in [5.41, 5.74) is 3.97. The first kappa shape index (κ1) is 14.9. The minimum Gasteiger partial charge on any atom is -0.491 e. The van der Waals surface area contributed by atoms with Crippen LogP contribution in [0.5, 0.6) is 5.75 Å². The van der Waals surface area contributed by atoms with E-state index in [4.69, 9.17) is 4.74 Å². The highest BCUT2D eigenvalue weighted by Gasteiger charge is 2.13. The molecule has 1 N–H and O–H groups in total. The van der Waals surface area contributed by atoms with Crippen LogP contribution in [0.1, 0.15) is 38.4 Å². The number of hydrogen-bond acceptors (Lipinski definition) is 2. The molecule has 20 heavy (non-hydrogen) atoms. The molecule has 0 spiro atoms. The third kappa shape index (κ3) is 2.83. The van der Waals surface area contributed by atoms with Crippen LogP contribution in [-0.2, 0) is 13.6 Å². The number of aryl methyl sites for hydroxylation is 1. The van der Waals surface area contributed by atoms with Gasteiger partial charge in [-0.2, -0.15) is 0 Å². The predicted molar refractivity (Wildman–Crippen MR) is 85.4 cm³/mol. The molecule has 0 aliphatic heterocycles. The zero-order valence-corrected chi connectivity index (χ0v) is 13.3. The van der Waals surface area contributed by atoms with E-state index in [0.29, 0.717) is 0 Å². The number of aromatic nitrogens is 1. The summed E-state index contributed by atoms with van der Waals surface area (Å²) >= 11 is 0. The highest BCUT2D eigenvalue weighted by atomic mass is 16.5. The van der Waals surface area contributed by atoms with Gasteiger partial charge in [-0.25, -0.2) is 0 Å². The Morgan fingerprint density at radius 2 is 2.05 bits per heavy atom. The van der Waals surface area contributed by atoms with Crippen LogP contribution in [0.25, 0.3) is 10.9 Å². The minimum absolute atomic E-state index is 0.259. The summed E-state index contributed by atoms with van der Waals surface area (Å²) in [5, 5.41) is 4.73. The molecule has 1 aromatic carbocycles. The van der Waals surface area contributed by atoms with Crippen molar-refractivity contribution in [2.75, 3.05) is 6.54 Å². The van der Waals surface area contributed by atoms with Crippen molar-refractivity contribution in [1.82, 2.24) is 9.88 Å². The molecule has 0 saturated heterocycles. The molecule has 2 aromatic rings. The molecule has 1 heterocycles. The highest BCUT2D eigenvalue weighted by Crippen LogP contribution is 2.29. The number of rotatable bonds is 6. The van der Waals surface area contributed by atoms with Gasteiger partial charge in [0.1, 0.15) is 5.75 Å². The molecule has 110 valence electrons. The number of fused-ring (bicyclic) bond motifs is 1. The van der Waals surface area contributed by atoms with Gasteiger partial charge < -0.3 is 14.6 Å². The fourth-order valence-corrected chi connectivity index (χ4v) is 2.49. The van der Waals surface area contributed by atoms with Crippen LogP contribution in [0.4, 0.5) is 0 Å². The maximum atomic E-state index is 5.95. The van der Waals surface area contributed by atoms with Crippen LogP contribution in [0.2, 0.25) is 0 Å². The van der Waals surface area contributed by atoms with Crippen LogP contribution in [-0.4, -0.2) is 17.2 Å². The first-order chi connectivity index (χ1) is 9.58. The van der Waals surface area contributed by atoms with Crippen LogP contribution in [0, 0.1) is 6.92 Å². The number of benzene rings is 1. The zero-order valence-electron chi connectivity index (χ0n) is 13.3. The van der Waals surface area contributed by atoms with Crippen molar-refractivity contribution < 1.29 is 4.74 Å². The SMILES string of the molecule is CCNCc1c(C)n(C)c2ccc(OC(C)CC)cc12. The summed E-state index contributed by atoms with van der Waals surface area (Å²) in [7, 11) is 2.13. The van der Waals surface area contributed by atoms with Gasteiger partial charge in [0, 0.05) is 30.2 Å². The molecular weight excluding hydrogens is 248 g/mol. The van der Waals surface area contributed by atoms with Crippen molar-refractivity contribution in [3.63, 3.8) is 0 Å². The topological polar surface area (TPSA) is 26.2 Å². The Labute approximate surface area is 121 Å². The second-order valence-electron chi connectivity index (χ2n) is 5.42. The molecule has 0 amide bonds. The lowest BCUT2D eigenvalue weighted by Crippen LogP contribution is -2.12. The minimum atomic E-state index is 0.259. The van der Waals surface area contributed by atoms with Gasteiger partial charge in [0.15, 0.2) is 0 Å². The van der Waals surface area contributed by atoms with Crippen molar-refractivity contribution in [3.05, 3.63) is 29.5 Å². The normalized spacial score (nSPS) is 12.8. The molecule has 0 aliphatic rings. The summed E-state index contributed by atoms with van der Waals surface area (Å²) in [4.78, 5) is 0. The van der Waals surface area contributed by atoms with Gasteiger partial charge in [-0.15, -0.1) is 0 Å². The largest absolute Gasteiger partial charge is 0.491 e. The van der Waals surface area contributed by atoms with Gasteiger partial charge in [-0.1, -0.05) is 13.8 Å². The van der Waals surface area contributed by atoms with Gasteiger partial charge in [0.2, 0.25) is 0 Å². The molecule has 3 heteroatoms. The standard InChI is InChI=1S/C17H26N2O/c1-6-12(3)20-14-8-9-17-15(10-14)16(11-18-7-2)13(4)19(17)5/h8-10,12,18H,6-7,11H2,1-5H3. The van der Waals surface area contributed by atoms with Crippen molar-refractivity contribution >= 4 is 10.9 Å². The molecule has 0 aliphatic carbocycles. The summed E-state index contributed by atoms with van der Waals surface area (Å²) < 4.78 is 8.21. The van der Waals surface area contributed by atoms with Crippen LogP contribution < -0.4 is 10.1 Å². The average Bonchev–Trinajstić information content (AvgIpc) is 2.68. The first-order valence-corrected chi connectivity index (χ1v) is 7.53. The second-order valence-corrected chi connectivity index (χ2v) is 5.42. The van der Waals surface area contributed by atoms with Gasteiger partial charge >= 0.3 is 0 Å². The predicted octanol–water partition coefficient (Wildman–Crippen LogP) is 3.77. The lowest BCUT2D eigenvalue weighted by molar-refractivity contribution is 0.217. The van der Waals surface area contributed by atoms with E-state index in [1.54, 1.807) is 0 Å². The smallest absolute Gasteiger partial charge is 0.120 e. The van der Waals surface area contributed by atoms with Gasteiger partial charge in [0.25, 0.3) is 0 Å². The van der Waals surface area contributed by atoms with Crippen molar-refractivity contribution in [2.45, 2.75) is 46.8 Å². The Bertz CT molecular complexity index is 586. The van der Waals surface area contributed by atoms with Gasteiger partial charge in [-0.3, -0.25) is 0 Å². The maximum Gasteiger partial charge on any atom is 0.120 e. The van der Waals surface area contributed by atoms with E-state index in [0.717, 1.165) is 25.3 Å². The maximum absolute atomic E-state index is 5.95. The van der Waals surface area contributed by atoms with E-state index in [2.05, 4.69) is 62.8 Å². The van der Waals surface area contributed by atoms with E-state index in [1.807, 2.05) is 0 Å². The van der Waals surface area contributed by atoms with E-state index < -0.39 is 0 Å². The zero-order chi connectivity index (χ0) is 14.7. The average molecular weight is 274 g/mol.